The number of Topliss-reactive ketones (excluding diaryl/α,β-unsaturated/α-hetero) is 1. The highest BCUT2D eigenvalue weighted by Crippen LogP contribution is 2.21. The van der Waals surface area contributed by atoms with Gasteiger partial charge in [-0.25, -0.2) is 9.78 Å². The lowest BCUT2D eigenvalue weighted by Gasteiger charge is -2.30. The number of aromatic carboxylic acids is 1. The molecule has 0 amide bonds. The van der Waals surface area contributed by atoms with Gasteiger partial charge < -0.3 is 9.52 Å². The van der Waals surface area contributed by atoms with E-state index in [1.165, 1.54) is 0 Å². The summed E-state index contributed by atoms with van der Waals surface area (Å²) < 4.78 is 5.18. The first-order valence-corrected chi connectivity index (χ1v) is 7.49. The van der Waals surface area contributed by atoms with E-state index in [1.807, 2.05) is 0 Å². The number of piperidine rings is 1. The van der Waals surface area contributed by atoms with Crippen LogP contribution in [0.15, 0.2) is 35.1 Å². The van der Waals surface area contributed by atoms with Gasteiger partial charge in [-0.2, -0.15) is 0 Å². The number of carboxylic acids is 1. The van der Waals surface area contributed by atoms with Crippen molar-refractivity contribution in [2.24, 2.45) is 5.92 Å². The molecule has 0 radical (unpaired) electrons. The van der Waals surface area contributed by atoms with Crippen LogP contribution < -0.4 is 0 Å². The van der Waals surface area contributed by atoms with Crippen LogP contribution in [-0.4, -0.2) is 44.8 Å². The van der Waals surface area contributed by atoms with Crippen molar-refractivity contribution in [3.63, 3.8) is 0 Å². The zero-order chi connectivity index (χ0) is 16.2. The third kappa shape index (κ3) is 3.62. The van der Waals surface area contributed by atoms with Gasteiger partial charge in [0.05, 0.1) is 6.54 Å². The summed E-state index contributed by atoms with van der Waals surface area (Å²) in [5, 5.41) is 8.86. The number of ketones is 1. The molecule has 7 nitrogen and oxygen atoms in total. The number of hydrogen-bond acceptors (Lipinski definition) is 6. The molecule has 1 saturated heterocycles. The second-order valence-electron chi connectivity index (χ2n) is 5.59. The maximum absolute atomic E-state index is 12.5. The van der Waals surface area contributed by atoms with E-state index in [-0.39, 0.29) is 17.4 Å². The lowest BCUT2D eigenvalue weighted by Crippen LogP contribution is -2.38. The van der Waals surface area contributed by atoms with Crippen molar-refractivity contribution < 1.29 is 19.1 Å². The fraction of sp³-hybridized carbons (Fsp3) is 0.375. The highest BCUT2D eigenvalue weighted by Gasteiger charge is 2.28. The molecule has 1 atom stereocenters. The van der Waals surface area contributed by atoms with Gasteiger partial charge in [0.15, 0.2) is 11.5 Å². The molecule has 2 aromatic rings. The fourth-order valence-electron chi connectivity index (χ4n) is 2.80. The number of oxazole rings is 1. The molecule has 120 valence electrons. The number of rotatable bonds is 5. The molecular formula is C16H17N3O4. The topological polar surface area (TPSA) is 96.5 Å². The van der Waals surface area contributed by atoms with Gasteiger partial charge in [0.2, 0.25) is 5.89 Å². The highest BCUT2D eigenvalue weighted by atomic mass is 16.4. The number of hydrogen-bond donors (Lipinski definition) is 1. The van der Waals surface area contributed by atoms with Gasteiger partial charge in [0.1, 0.15) is 12.0 Å². The van der Waals surface area contributed by atoms with E-state index in [0.717, 1.165) is 25.6 Å². The van der Waals surface area contributed by atoms with Crippen LogP contribution in [0.25, 0.3) is 0 Å². The Morgan fingerprint density at radius 3 is 2.91 bits per heavy atom. The molecule has 23 heavy (non-hydrogen) atoms. The van der Waals surface area contributed by atoms with Crippen LogP contribution in [0.2, 0.25) is 0 Å². The summed E-state index contributed by atoms with van der Waals surface area (Å²) in [5.74, 6) is -0.809. The lowest BCUT2D eigenvalue weighted by atomic mass is 9.92. The van der Waals surface area contributed by atoms with Crippen LogP contribution >= 0.6 is 0 Å². The zero-order valence-electron chi connectivity index (χ0n) is 12.5. The van der Waals surface area contributed by atoms with E-state index in [1.54, 1.807) is 24.4 Å². The molecule has 0 aliphatic carbocycles. The third-order valence-corrected chi connectivity index (χ3v) is 3.92. The smallest absolute Gasteiger partial charge is 0.357 e. The normalized spacial score (nSPS) is 18.7. The molecule has 1 unspecified atom stereocenters. The SMILES string of the molecule is O=C(O)c1coc(CN2CCCC(C(=O)c3ccccn3)C2)n1. The van der Waals surface area contributed by atoms with Gasteiger partial charge in [0, 0.05) is 18.7 Å². The Kier molecular flexibility index (Phi) is 4.47. The first-order chi connectivity index (χ1) is 11.1. The molecule has 0 aromatic carbocycles. The molecule has 7 heteroatoms. The van der Waals surface area contributed by atoms with Gasteiger partial charge >= 0.3 is 5.97 Å². The van der Waals surface area contributed by atoms with E-state index in [4.69, 9.17) is 9.52 Å². The van der Waals surface area contributed by atoms with E-state index in [0.29, 0.717) is 24.7 Å². The first kappa shape index (κ1) is 15.4. The van der Waals surface area contributed by atoms with Crippen LogP contribution in [0.5, 0.6) is 0 Å². The Labute approximate surface area is 133 Å². The van der Waals surface area contributed by atoms with Gasteiger partial charge in [-0.05, 0) is 31.5 Å². The second kappa shape index (κ2) is 6.70. The molecule has 3 rings (SSSR count). The van der Waals surface area contributed by atoms with Gasteiger partial charge in [-0.1, -0.05) is 6.07 Å². The monoisotopic (exact) mass is 315 g/mol. The van der Waals surface area contributed by atoms with E-state index in [2.05, 4.69) is 14.9 Å². The van der Waals surface area contributed by atoms with Gasteiger partial charge in [0.25, 0.3) is 0 Å². The summed E-state index contributed by atoms with van der Waals surface area (Å²) in [4.78, 5) is 33.4. The number of likely N-dealkylation sites (tertiary alicyclic amines) is 1. The number of carboxylic acid groups (broad SMARTS) is 1. The molecule has 1 N–H and O–H groups in total. The molecule has 1 aliphatic rings. The minimum atomic E-state index is -1.11. The summed E-state index contributed by atoms with van der Waals surface area (Å²) in [5.41, 5.74) is 0.391. The van der Waals surface area contributed by atoms with Crippen molar-refractivity contribution >= 4 is 11.8 Å². The van der Waals surface area contributed by atoms with Crippen LogP contribution in [0, 0.1) is 5.92 Å². The van der Waals surface area contributed by atoms with E-state index in [9.17, 15) is 9.59 Å². The number of pyridine rings is 1. The summed E-state index contributed by atoms with van der Waals surface area (Å²) >= 11 is 0. The molecular weight excluding hydrogens is 298 g/mol. The number of aromatic nitrogens is 2. The fourth-order valence-corrected chi connectivity index (χ4v) is 2.80. The van der Waals surface area contributed by atoms with Gasteiger partial charge in [-0.3, -0.25) is 14.7 Å². The van der Waals surface area contributed by atoms with Crippen molar-refractivity contribution in [2.45, 2.75) is 19.4 Å². The molecule has 2 aromatic heterocycles. The summed E-state index contributed by atoms with van der Waals surface area (Å²) in [6.07, 6.45) is 4.49. The highest BCUT2D eigenvalue weighted by molar-refractivity contribution is 5.96. The third-order valence-electron chi connectivity index (χ3n) is 3.92. The van der Waals surface area contributed by atoms with Crippen LogP contribution in [0.3, 0.4) is 0 Å². The standard InChI is InChI=1S/C16H17N3O4/c20-15(12-5-1-2-6-17-12)11-4-3-7-19(8-11)9-14-18-13(10-23-14)16(21)22/h1-2,5-6,10-11H,3-4,7-9H2,(H,21,22). The Morgan fingerprint density at radius 2 is 2.22 bits per heavy atom. The zero-order valence-corrected chi connectivity index (χ0v) is 12.5. The molecule has 1 aliphatic heterocycles. The Morgan fingerprint density at radius 1 is 1.35 bits per heavy atom. The van der Waals surface area contributed by atoms with Crippen molar-refractivity contribution in [1.82, 2.24) is 14.9 Å². The summed E-state index contributed by atoms with van der Waals surface area (Å²) in [6.45, 7) is 1.83. The maximum atomic E-state index is 12.5. The molecule has 1 fully saturated rings. The second-order valence-corrected chi connectivity index (χ2v) is 5.59. The number of nitrogens with zero attached hydrogens (tertiary/aromatic N) is 3. The number of carbonyl (C=O) groups is 2. The average molecular weight is 315 g/mol. The van der Waals surface area contributed by atoms with Crippen LogP contribution in [0.4, 0.5) is 0 Å². The van der Waals surface area contributed by atoms with Crippen molar-refractivity contribution in [3.05, 3.63) is 47.9 Å². The lowest BCUT2D eigenvalue weighted by molar-refractivity contribution is 0.0690. The Balaban J connectivity index is 1.63. The molecule has 3 heterocycles. The van der Waals surface area contributed by atoms with Crippen molar-refractivity contribution in [2.75, 3.05) is 13.1 Å². The summed E-state index contributed by atoms with van der Waals surface area (Å²) in [6, 6.07) is 5.32. The first-order valence-electron chi connectivity index (χ1n) is 7.49. The van der Waals surface area contributed by atoms with Crippen LogP contribution in [-0.2, 0) is 6.54 Å². The largest absolute Gasteiger partial charge is 0.476 e. The Hall–Kier alpha value is -2.54. The molecule has 0 spiro atoms. The van der Waals surface area contributed by atoms with E-state index < -0.39 is 5.97 Å². The molecule has 0 saturated carbocycles. The predicted molar refractivity (Wildman–Crippen MR) is 80.0 cm³/mol. The van der Waals surface area contributed by atoms with Crippen molar-refractivity contribution in [3.8, 4) is 0 Å². The molecule has 0 bridgehead atoms. The van der Waals surface area contributed by atoms with Crippen LogP contribution in [0.1, 0.15) is 39.7 Å². The minimum Gasteiger partial charge on any atom is -0.476 e. The minimum absolute atomic E-state index is 0.0499. The maximum Gasteiger partial charge on any atom is 0.357 e. The van der Waals surface area contributed by atoms with Gasteiger partial charge in [-0.15, -0.1) is 0 Å². The van der Waals surface area contributed by atoms with E-state index >= 15 is 0 Å². The average Bonchev–Trinajstić information content (AvgIpc) is 3.04. The quantitative estimate of drug-likeness (QED) is 0.841. The number of carbonyl (C=O) groups excluding carboxylic acids is 1. The summed E-state index contributed by atoms with van der Waals surface area (Å²) in [7, 11) is 0. The predicted octanol–water partition coefficient (Wildman–Crippen LogP) is 1.86. The Bertz CT molecular complexity index is 698. The van der Waals surface area contributed by atoms with Crippen molar-refractivity contribution in [1.29, 1.82) is 0 Å².